The molecule has 0 aliphatic heterocycles. The fraction of sp³-hybridized carbons (Fsp3) is 0.462. The zero-order chi connectivity index (χ0) is 11.0. The fourth-order valence-electron chi connectivity index (χ4n) is 2.49. The Bertz CT molecular complexity index is 498. The first-order valence-corrected chi connectivity index (χ1v) is 6.80. The summed E-state index contributed by atoms with van der Waals surface area (Å²) < 4.78 is 1.27. The molecule has 3 rings (SSSR count). The maximum absolute atomic E-state index is 5.78. The van der Waals surface area contributed by atoms with Gasteiger partial charge in [0.05, 0.1) is 15.2 Å². The number of aromatic nitrogens is 1. The molecule has 0 unspecified atom stereocenters. The number of nitrogens with zero attached hydrogens (tertiary/aromatic N) is 1. The average Bonchev–Trinajstić information content (AvgIpc) is 2.73. The molecule has 84 valence electrons. The van der Waals surface area contributed by atoms with Gasteiger partial charge in [-0.1, -0.05) is 19.3 Å². The molecule has 1 aromatic carbocycles. The van der Waals surface area contributed by atoms with Gasteiger partial charge in [-0.2, -0.15) is 0 Å². The summed E-state index contributed by atoms with van der Waals surface area (Å²) in [6, 6.07) is 6.04. The van der Waals surface area contributed by atoms with Gasteiger partial charge >= 0.3 is 0 Å². The predicted octanol–water partition coefficient (Wildman–Crippen LogP) is 3.93. The third kappa shape index (κ3) is 1.80. The molecule has 0 saturated heterocycles. The highest BCUT2D eigenvalue weighted by atomic mass is 32.1. The Labute approximate surface area is 99.5 Å². The first-order chi connectivity index (χ1) is 7.83. The Morgan fingerprint density at radius 3 is 2.81 bits per heavy atom. The van der Waals surface area contributed by atoms with E-state index in [4.69, 9.17) is 10.7 Å². The lowest BCUT2D eigenvalue weighted by atomic mass is 9.90. The van der Waals surface area contributed by atoms with Crippen molar-refractivity contribution in [1.82, 2.24) is 4.98 Å². The topological polar surface area (TPSA) is 38.9 Å². The third-order valence-electron chi connectivity index (χ3n) is 3.38. The summed E-state index contributed by atoms with van der Waals surface area (Å²) in [7, 11) is 0. The maximum Gasteiger partial charge on any atom is 0.0969 e. The molecule has 1 fully saturated rings. The molecule has 1 aromatic heterocycles. The summed E-state index contributed by atoms with van der Waals surface area (Å²) in [6.45, 7) is 0. The van der Waals surface area contributed by atoms with Crippen LogP contribution in [0.25, 0.3) is 10.2 Å². The molecule has 0 amide bonds. The van der Waals surface area contributed by atoms with E-state index in [0.29, 0.717) is 5.92 Å². The molecular weight excluding hydrogens is 216 g/mol. The summed E-state index contributed by atoms with van der Waals surface area (Å²) in [5.74, 6) is 0.701. The van der Waals surface area contributed by atoms with Gasteiger partial charge in [0.1, 0.15) is 0 Å². The lowest BCUT2D eigenvalue weighted by molar-refractivity contribution is 0.443. The molecule has 0 atom stereocenters. The number of nitrogens with two attached hydrogens (primary N) is 1. The normalized spacial score (nSPS) is 18.0. The van der Waals surface area contributed by atoms with Crippen LogP contribution in [0.1, 0.15) is 43.0 Å². The number of hydrogen-bond acceptors (Lipinski definition) is 3. The summed E-state index contributed by atoms with van der Waals surface area (Å²) in [4.78, 5) is 4.74. The van der Waals surface area contributed by atoms with Crippen LogP contribution >= 0.6 is 11.3 Å². The van der Waals surface area contributed by atoms with Crippen LogP contribution in [0.4, 0.5) is 5.69 Å². The summed E-state index contributed by atoms with van der Waals surface area (Å²) in [5.41, 5.74) is 7.66. The third-order valence-corrected chi connectivity index (χ3v) is 4.58. The highest BCUT2D eigenvalue weighted by molar-refractivity contribution is 7.18. The van der Waals surface area contributed by atoms with Crippen molar-refractivity contribution in [2.45, 2.75) is 38.0 Å². The minimum atomic E-state index is 0.701. The molecule has 0 bridgehead atoms. The van der Waals surface area contributed by atoms with Gasteiger partial charge in [0.25, 0.3) is 0 Å². The molecule has 1 aliphatic carbocycles. The maximum atomic E-state index is 5.78. The van der Waals surface area contributed by atoms with E-state index in [1.807, 2.05) is 23.5 Å². The van der Waals surface area contributed by atoms with Crippen molar-refractivity contribution >= 4 is 27.2 Å². The van der Waals surface area contributed by atoms with Crippen molar-refractivity contribution in [3.63, 3.8) is 0 Å². The van der Waals surface area contributed by atoms with Crippen LogP contribution in [0.15, 0.2) is 18.2 Å². The van der Waals surface area contributed by atoms with Crippen molar-refractivity contribution in [2.24, 2.45) is 0 Å². The molecular formula is C13H16N2S. The van der Waals surface area contributed by atoms with Crippen LogP contribution in [0, 0.1) is 0 Å². The zero-order valence-electron chi connectivity index (χ0n) is 9.28. The Morgan fingerprint density at radius 1 is 1.19 bits per heavy atom. The van der Waals surface area contributed by atoms with Gasteiger partial charge in [0.15, 0.2) is 0 Å². The van der Waals surface area contributed by atoms with Crippen LogP contribution in [0.2, 0.25) is 0 Å². The number of thiazole rings is 1. The SMILES string of the molecule is Nc1ccc2sc(C3CCCCC3)nc2c1. The summed E-state index contributed by atoms with van der Waals surface area (Å²) in [5, 5.41) is 1.32. The number of rotatable bonds is 1. The van der Waals surface area contributed by atoms with Gasteiger partial charge in [-0.05, 0) is 31.0 Å². The van der Waals surface area contributed by atoms with Gasteiger partial charge in [-0.15, -0.1) is 11.3 Å². The van der Waals surface area contributed by atoms with Crippen LogP contribution < -0.4 is 5.73 Å². The van der Waals surface area contributed by atoms with E-state index in [1.54, 1.807) is 0 Å². The molecule has 2 nitrogen and oxygen atoms in total. The van der Waals surface area contributed by atoms with Gasteiger partial charge < -0.3 is 5.73 Å². The van der Waals surface area contributed by atoms with Crippen LogP contribution in [0.5, 0.6) is 0 Å². The van der Waals surface area contributed by atoms with E-state index in [0.717, 1.165) is 11.2 Å². The smallest absolute Gasteiger partial charge is 0.0969 e. The van der Waals surface area contributed by atoms with Gasteiger partial charge in [-0.25, -0.2) is 4.98 Å². The van der Waals surface area contributed by atoms with E-state index < -0.39 is 0 Å². The highest BCUT2D eigenvalue weighted by Gasteiger charge is 2.18. The molecule has 2 aromatic rings. The average molecular weight is 232 g/mol. The standard InChI is InChI=1S/C13H16N2S/c14-10-6-7-12-11(8-10)15-13(16-12)9-4-2-1-3-5-9/h6-9H,1-5,14H2. The molecule has 3 heteroatoms. The number of fused-ring (bicyclic) bond motifs is 1. The Hall–Kier alpha value is -1.09. The quantitative estimate of drug-likeness (QED) is 0.757. The van der Waals surface area contributed by atoms with Crippen LogP contribution in [-0.2, 0) is 0 Å². The van der Waals surface area contributed by atoms with Crippen molar-refractivity contribution in [3.8, 4) is 0 Å². The van der Waals surface area contributed by atoms with Crippen LogP contribution in [0.3, 0.4) is 0 Å². The lowest BCUT2D eigenvalue weighted by Gasteiger charge is -2.18. The number of anilines is 1. The van der Waals surface area contributed by atoms with E-state index in [1.165, 1.54) is 41.8 Å². The molecule has 0 spiro atoms. The highest BCUT2D eigenvalue weighted by Crippen LogP contribution is 2.36. The second-order valence-corrected chi connectivity index (χ2v) is 5.68. The fourth-order valence-corrected chi connectivity index (χ4v) is 3.60. The van der Waals surface area contributed by atoms with Crippen molar-refractivity contribution in [3.05, 3.63) is 23.2 Å². The van der Waals surface area contributed by atoms with E-state index in [9.17, 15) is 0 Å². The number of nitrogen functional groups attached to an aromatic ring is 1. The lowest BCUT2D eigenvalue weighted by Crippen LogP contribution is -2.03. The van der Waals surface area contributed by atoms with Gasteiger partial charge in [0.2, 0.25) is 0 Å². The monoisotopic (exact) mass is 232 g/mol. The number of hydrogen-bond donors (Lipinski definition) is 1. The summed E-state index contributed by atoms with van der Waals surface area (Å²) >= 11 is 1.85. The van der Waals surface area contributed by atoms with E-state index in [-0.39, 0.29) is 0 Å². The largest absolute Gasteiger partial charge is 0.399 e. The molecule has 2 N–H and O–H groups in total. The van der Waals surface area contributed by atoms with Crippen molar-refractivity contribution in [1.29, 1.82) is 0 Å². The Morgan fingerprint density at radius 2 is 2.00 bits per heavy atom. The number of benzene rings is 1. The minimum absolute atomic E-state index is 0.701. The first kappa shape index (κ1) is 10.1. The molecule has 1 saturated carbocycles. The van der Waals surface area contributed by atoms with Crippen molar-refractivity contribution < 1.29 is 0 Å². The van der Waals surface area contributed by atoms with E-state index in [2.05, 4.69) is 6.07 Å². The minimum Gasteiger partial charge on any atom is -0.399 e. The van der Waals surface area contributed by atoms with Gasteiger partial charge in [-0.3, -0.25) is 0 Å². The molecule has 1 heterocycles. The molecule has 1 aliphatic rings. The second kappa shape index (κ2) is 4.06. The molecule has 16 heavy (non-hydrogen) atoms. The second-order valence-electron chi connectivity index (χ2n) is 4.61. The first-order valence-electron chi connectivity index (χ1n) is 5.99. The van der Waals surface area contributed by atoms with Crippen molar-refractivity contribution in [2.75, 3.05) is 5.73 Å². The Kier molecular flexibility index (Phi) is 2.56. The predicted molar refractivity (Wildman–Crippen MR) is 69.9 cm³/mol. The summed E-state index contributed by atoms with van der Waals surface area (Å²) in [6.07, 6.45) is 6.75. The van der Waals surface area contributed by atoms with E-state index >= 15 is 0 Å². The van der Waals surface area contributed by atoms with Crippen LogP contribution in [-0.4, -0.2) is 4.98 Å². The Balaban J connectivity index is 1.97. The zero-order valence-corrected chi connectivity index (χ0v) is 10.1. The molecule has 0 radical (unpaired) electrons. The van der Waals surface area contributed by atoms with Gasteiger partial charge in [0, 0.05) is 11.6 Å².